The van der Waals surface area contributed by atoms with E-state index in [-0.39, 0.29) is 5.41 Å². The highest BCUT2D eigenvalue weighted by Crippen LogP contribution is 2.32. The van der Waals surface area contributed by atoms with E-state index in [1.165, 1.54) is 17.5 Å². The average molecular weight is 369 g/mol. The summed E-state index contributed by atoms with van der Waals surface area (Å²) in [7, 11) is 1.71. The van der Waals surface area contributed by atoms with Gasteiger partial charge in [-0.2, -0.15) is 0 Å². The maximum absolute atomic E-state index is 5.72. The van der Waals surface area contributed by atoms with Crippen LogP contribution in [0.15, 0.2) is 48.5 Å². The lowest BCUT2D eigenvalue weighted by Gasteiger charge is -2.28. The second kappa shape index (κ2) is 8.79. The fourth-order valence-electron chi connectivity index (χ4n) is 3.86. The number of benzene rings is 2. The van der Waals surface area contributed by atoms with E-state index in [1.54, 1.807) is 7.11 Å². The molecule has 1 saturated heterocycles. The van der Waals surface area contributed by atoms with Crippen molar-refractivity contribution < 1.29 is 14.2 Å². The van der Waals surface area contributed by atoms with E-state index < -0.39 is 0 Å². The quantitative estimate of drug-likeness (QED) is 0.533. The van der Waals surface area contributed by atoms with Crippen LogP contribution in [0.4, 0.5) is 0 Å². The summed E-state index contributed by atoms with van der Waals surface area (Å²) in [4.78, 5) is 0. The molecule has 1 heterocycles. The molecule has 0 spiro atoms. The molecule has 1 aliphatic heterocycles. The Bertz CT molecular complexity index is 699. The number of rotatable bonds is 10. The van der Waals surface area contributed by atoms with Crippen molar-refractivity contribution in [3.05, 3.63) is 59.7 Å². The Hall–Kier alpha value is -2.00. The van der Waals surface area contributed by atoms with E-state index in [0.29, 0.717) is 18.6 Å². The summed E-state index contributed by atoms with van der Waals surface area (Å²) in [5.74, 6) is 2.48. The predicted octanol–water partition coefficient (Wildman–Crippen LogP) is 5.31. The molecule has 0 radical (unpaired) electrons. The smallest absolute Gasteiger partial charge is 0.119 e. The summed E-state index contributed by atoms with van der Waals surface area (Å²) < 4.78 is 16.1. The van der Waals surface area contributed by atoms with Crippen molar-refractivity contribution in [2.24, 2.45) is 11.3 Å². The molecule has 2 aromatic carbocycles. The Kier molecular flexibility index (Phi) is 6.43. The molecule has 3 heteroatoms. The van der Waals surface area contributed by atoms with Crippen LogP contribution in [-0.4, -0.2) is 26.4 Å². The Morgan fingerprint density at radius 1 is 1.00 bits per heavy atom. The first-order chi connectivity index (χ1) is 12.9. The minimum Gasteiger partial charge on any atom is -0.497 e. The van der Waals surface area contributed by atoms with Crippen molar-refractivity contribution in [3.8, 4) is 11.5 Å². The maximum Gasteiger partial charge on any atom is 0.119 e. The lowest BCUT2D eigenvalue weighted by atomic mass is 9.77. The van der Waals surface area contributed by atoms with Gasteiger partial charge in [-0.3, -0.25) is 0 Å². The molecule has 27 heavy (non-hydrogen) atoms. The van der Waals surface area contributed by atoms with E-state index in [0.717, 1.165) is 30.9 Å². The number of hydrogen-bond acceptors (Lipinski definition) is 3. The third-order valence-corrected chi connectivity index (χ3v) is 5.09. The van der Waals surface area contributed by atoms with Crippen LogP contribution in [0.3, 0.4) is 0 Å². The summed E-state index contributed by atoms with van der Waals surface area (Å²) >= 11 is 0. The predicted molar refractivity (Wildman–Crippen MR) is 110 cm³/mol. The molecule has 2 aromatic rings. The summed E-state index contributed by atoms with van der Waals surface area (Å²) in [6.07, 6.45) is 3.67. The van der Waals surface area contributed by atoms with Crippen molar-refractivity contribution in [2.45, 2.75) is 46.1 Å². The Balaban J connectivity index is 1.48. The Morgan fingerprint density at radius 2 is 1.59 bits per heavy atom. The first-order valence-electron chi connectivity index (χ1n) is 9.90. The second-order valence-corrected chi connectivity index (χ2v) is 8.61. The number of epoxide rings is 1. The van der Waals surface area contributed by atoms with Crippen molar-refractivity contribution in [3.63, 3.8) is 0 Å². The molecule has 0 aromatic heterocycles. The van der Waals surface area contributed by atoms with Crippen LogP contribution >= 0.6 is 0 Å². The standard InChI is InChI=1S/C24H32O3/c1-18(13-19-5-11-22(12-6-19)26-16-23-17-27-23)14-24(2,3)15-20-7-9-21(25-4)10-8-20/h5-12,18,23H,13-17H2,1-4H3. The number of methoxy groups -OCH3 is 1. The Morgan fingerprint density at radius 3 is 2.19 bits per heavy atom. The highest BCUT2D eigenvalue weighted by atomic mass is 16.6. The van der Waals surface area contributed by atoms with Crippen LogP contribution < -0.4 is 9.47 Å². The molecule has 0 saturated carbocycles. The van der Waals surface area contributed by atoms with Gasteiger partial charge in [0.1, 0.15) is 24.2 Å². The fraction of sp³-hybridized carbons (Fsp3) is 0.500. The van der Waals surface area contributed by atoms with Crippen molar-refractivity contribution in [1.82, 2.24) is 0 Å². The zero-order valence-corrected chi connectivity index (χ0v) is 17.0. The number of hydrogen-bond donors (Lipinski definition) is 0. The molecular weight excluding hydrogens is 336 g/mol. The van der Waals surface area contributed by atoms with Crippen molar-refractivity contribution >= 4 is 0 Å². The normalized spacial score (nSPS) is 17.4. The molecule has 1 aliphatic rings. The van der Waals surface area contributed by atoms with Gasteiger partial charge in [-0.25, -0.2) is 0 Å². The number of ether oxygens (including phenoxy) is 3. The summed E-state index contributed by atoms with van der Waals surface area (Å²) in [6, 6.07) is 17.0. The van der Waals surface area contributed by atoms with Gasteiger partial charge in [0.05, 0.1) is 13.7 Å². The molecule has 3 nitrogen and oxygen atoms in total. The van der Waals surface area contributed by atoms with E-state index in [1.807, 2.05) is 12.1 Å². The van der Waals surface area contributed by atoms with Gasteiger partial charge in [-0.05, 0) is 66.0 Å². The van der Waals surface area contributed by atoms with Gasteiger partial charge in [0, 0.05) is 0 Å². The second-order valence-electron chi connectivity index (χ2n) is 8.61. The van der Waals surface area contributed by atoms with Crippen LogP contribution in [-0.2, 0) is 17.6 Å². The highest BCUT2D eigenvalue weighted by Gasteiger charge is 2.23. The molecule has 0 aliphatic carbocycles. The third kappa shape index (κ3) is 6.59. The zero-order valence-electron chi connectivity index (χ0n) is 17.0. The first kappa shape index (κ1) is 19.8. The molecule has 146 valence electrons. The van der Waals surface area contributed by atoms with Crippen LogP contribution in [0.1, 0.15) is 38.3 Å². The molecule has 0 N–H and O–H groups in total. The van der Waals surface area contributed by atoms with Gasteiger partial charge >= 0.3 is 0 Å². The van der Waals surface area contributed by atoms with Crippen LogP contribution in [0.2, 0.25) is 0 Å². The van der Waals surface area contributed by atoms with E-state index in [9.17, 15) is 0 Å². The first-order valence-corrected chi connectivity index (χ1v) is 9.90. The lowest BCUT2D eigenvalue weighted by molar-refractivity contribution is 0.262. The largest absolute Gasteiger partial charge is 0.497 e. The molecular formula is C24H32O3. The maximum atomic E-state index is 5.72. The molecule has 2 atom stereocenters. The molecule has 0 bridgehead atoms. The van der Waals surface area contributed by atoms with E-state index >= 15 is 0 Å². The minimum atomic E-state index is 0.265. The Labute approximate surface area is 163 Å². The highest BCUT2D eigenvalue weighted by molar-refractivity contribution is 5.28. The molecule has 3 rings (SSSR count). The topological polar surface area (TPSA) is 31.0 Å². The van der Waals surface area contributed by atoms with Crippen molar-refractivity contribution in [2.75, 3.05) is 20.3 Å². The molecule has 0 amide bonds. The van der Waals surface area contributed by atoms with Gasteiger partial charge in [0.25, 0.3) is 0 Å². The van der Waals surface area contributed by atoms with Gasteiger partial charge in [-0.15, -0.1) is 0 Å². The van der Waals surface area contributed by atoms with Gasteiger partial charge in [-0.1, -0.05) is 45.0 Å². The minimum absolute atomic E-state index is 0.265. The molecule has 1 fully saturated rings. The summed E-state index contributed by atoms with van der Waals surface area (Å²) in [5.41, 5.74) is 3.01. The van der Waals surface area contributed by atoms with E-state index in [2.05, 4.69) is 57.2 Å². The fourth-order valence-corrected chi connectivity index (χ4v) is 3.86. The summed E-state index contributed by atoms with van der Waals surface area (Å²) in [6.45, 7) is 8.58. The van der Waals surface area contributed by atoms with Gasteiger partial charge < -0.3 is 14.2 Å². The average Bonchev–Trinajstić information content (AvgIpc) is 3.45. The van der Waals surface area contributed by atoms with Crippen LogP contribution in [0.25, 0.3) is 0 Å². The summed E-state index contributed by atoms with van der Waals surface area (Å²) in [5, 5.41) is 0. The van der Waals surface area contributed by atoms with Crippen LogP contribution in [0, 0.1) is 11.3 Å². The van der Waals surface area contributed by atoms with Crippen molar-refractivity contribution in [1.29, 1.82) is 0 Å². The van der Waals surface area contributed by atoms with Gasteiger partial charge in [0.2, 0.25) is 0 Å². The SMILES string of the molecule is COc1ccc(CC(C)(C)CC(C)Cc2ccc(OCC3CO3)cc2)cc1. The zero-order chi connectivity index (χ0) is 19.3. The third-order valence-electron chi connectivity index (χ3n) is 5.09. The monoisotopic (exact) mass is 368 g/mol. The van der Waals surface area contributed by atoms with Crippen LogP contribution in [0.5, 0.6) is 11.5 Å². The van der Waals surface area contributed by atoms with Gasteiger partial charge in [0.15, 0.2) is 0 Å². The molecule has 2 unspecified atom stereocenters. The van der Waals surface area contributed by atoms with E-state index in [4.69, 9.17) is 14.2 Å². The lowest BCUT2D eigenvalue weighted by Crippen LogP contribution is -2.19.